The summed E-state index contributed by atoms with van der Waals surface area (Å²) >= 11 is 0. The minimum Gasteiger partial charge on any atom is -0.328 e. The number of hydrogen-bond donors (Lipinski definition) is 2. The Hall–Kier alpha value is -3.81. The van der Waals surface area contributed by atoms with Gasteiger partial charge in [0, 0.05) is 29.6 Å². The van der Waals surface area contributed by atoms with Crippen LogP contribution in [-0.2, 0) is 0 Å². The number of amides is 1. The summed E-state index contributed by atoms with van der Waals surface area (Å²) in [6.07, 6.45) is 9.36. The average molecular weight is 371 g/mol. The molecule has 1 aliphatic rings. The summed E-state index contributed by atoms with van der Waals surface area (Å²) in [5.74, 6) is 0.949. The van der Waals surface area contributed by atoms with Crippen molar-refractivity contribution in [1.82, 2.24) is 29.7 Å². The second kappa shape index (κ2) is 6.73. The van der Waals surface area contributed by atoms with E-state index in [1.807, 2.05) is 41.1 Å². The molecule has 1 aromatic carbocycles. The number of nitrogens with one attached hydrogen (secondary N) is 2. The highest BCUT2D eigenvalue weighted by molar-refractivity contribution is 6.03. The number of H-pyrrole nitrogens is 1. The highest BCUT2D eigenvalue weighted by atomic mass is 16.1. The Kier molecular flexibility index (Phi) is 3.93. The van der Waals surface area contributed by atoms with Crippen molar-refractivity contribution >= 4 is 11.6 Å². The molecule has 0 unspecified atom stereocenters. The number of anilines is 1. The zero-order valence-electron chi connectivity index (χ0n) is 14.9. The highest BCUT2D eigenvalue weighted by Gasteiger charge is 2.25. The molecule has 1 aliphatic carbocycles. The topological polar surface area (TPSA) is 101 Å². The fourth-order valence-electron chi connectivity index (χ4n) is 3.06. The van der Waals surface area contributed by atoms with E-state index in [0.29, 0.717) is 23.1 Å². The quantitative estimate of drug-likeness (QED) is 0.561. The summed E-state index contributed by atoms with van der Waals surface area (Å²) in [5.41, 5.74) is 3.79. The molecule has 3 heterocycles. The first-order chi connectivity index (χ1) is 13.8. The summed E-state index contributed by atoms with van der Waals surface area (Å²) in [4.78, 5) is 24.3. The normalized spacial score (nSPS) is 13.4. The summed E-state index contributed by atoms with van der Waals surface area (Å²) in [6, 6.07) is 11.0. The molecule has 1 amide bonds. The smallest absolute Gasteiger partial charge is 0.274 e. The van der Waals surface area contributed by atoms with E-state index in [1.54, 1.807) is 18.6 Å². The Balaban J connectivity index is 1.36. The van der Waals surface area contributed by atoms with Crippen LogP contribution in [0.2, 0.25) is 0 Å². The van der Waals surface area contributed by atoms with E-state index in [4.69, 9.17) is 0 Å². The Labute approximate surface area is 160 Å². The van der Waals surface area contributed by atoms with Crippen LogP contribution < -0.4 is 5.32 Å². The van der Waals surface area contributed by atoms with Gasteiger partial charge in [-0.1, -0.05) is 12.1 Å². The van der Waals surface area contributed by atoms with Gasteiger partial charge in [-0.15, -0.1) is 10.2 Å². The van der Waals surface area contributed by atoms with Gasteiger partial charge < -0.3 is 14.9 Å². The fraction of sp³-hybridized carbons (Fsp3) is 0.150. The van der Waals surface area contributed by atoms with Crippen LogP contribution in [0.3, 0.4) is 0 Å². The minimum atomic E-state index is -0.279. The number of carbonyl (C=O) groups is 1. The first-order valence-corrected chi connectivity index (χ1v) is 9.04. The third-order valence-corrected chi connectivity index (χ3v) is 4.68. The van der Waals surface area contributed by atoms with E-state index in [1.165, 1.54) is 19.2 Å². The van der Waals surface area contributed by atoms with Crippen LogP contribution in [0.5, 0.6) is 0 Å². The molecule has 2 N–H and O–H groups in total. The maximum atomic E-state index is 12.7. The number of hydrogen-bond acceptors (Lipinski definition) is 5. The average Bonchev–Trinajstić information content (AvgIpc) is 3.21. The van der Waals surface area contributed by atoms with Crippen molar-refractivity contribution < 1.29 is 4.79 Å². The number of pyridine rings is 1. The molecule has 0 spiro atoms. The molecule has 0 aliphatic heterocycles. The third kappa shape index (κ3) is 3.27. The fourth-order valence-corrected chi connectivity index (χ4v) is 3.06. The van der Waals surface area contributed by atoms with Gasteiger partial charge in [0.05, 0.1) is 17.7 Å². The lowest BCUT2D eigenvalue weighted by Crippen LogP contribution is -2.14. The van der Waals surface area contributed by atoms with Crippen LogP contribution in [0.15, 0.2) is 61.4 Å². The third-order valence-electron chi connectivity index (χ3n) is 4.68. The molecule has 28 heavy (non-hydrogen) atoms. The van der Waals surface area contributed by atoms with E-state index in [2.05, 4.69) is 30.5 Å². The van der Waals surface area contributed by atoms with Crippen LogP contribution in [0.25, 0.3) is 17.1 Å². The molecule has 0 saturated heterocycles. The van der Waals surface area contributed by atoms with Gasteiger partial charge in [0.25, 0.3) is 5.91 Å². The Bertz CT molecular complexity index is 1130. The minimum absolute atomic E-state index is 0.279. The summed E-state index contributed by atoms with van der Waals surface area (Å²) < 4.78 is 1.93. The van der Waals surface area contributed by atoms with Gasteiger partial charge in [-0.25, -0.2) is 4.98 Å². The monoisotopic (exact) mass is 371 g/mol. The van der Waals surface area contributed by atoms with Crippen LogP contribution in [0, 0.1) is 0 Å². The number of benzene rings is 1. The summed E-state index contributed by atoms with van der Waals surface area (Å²) in [6.45, 7) is 0. The molecule has 8 heteroatoms. The van der Waals surface area contributed by atoms with E-state index in [9.17, 15) is 4.79 Å². The zero-order valence-corrected chi connectivity index (χ0v) is 14.9. The van der Waals surface area contributed by atoms with Crippen LogP contribution >= 0.6 is 0 Å². The van der Waals surface area contributed by atoms with E-state index < -0.39 is 0 Å². The number of aromatic nitrogens is 6. The largest absolute Gasteiger partial charge is 0.328 e. The van der Waals surface area contributed by atoms with Crippen molar-refractivity contribution in [2.24, 2.45) is 0 Å². The maximum Gasteiger partial charge on any atom is 0.274 e. The van der Waals surface area contributed by atoms with Gasteiger partial charge in [-0.05, 0) is 37.1 Å². The predicted molar refractivity (Wildman–Crippen MR) is 103 cm³/mol. The van der Waals surface area contributed by atoms with Crippen LogP contribution in [0.1, 0.15) is 34.9 Å². The molecule has 0 radical (unpaired) electrons. The lowest BCUT2D eigenvalue weighted by molar-refractivity contribution is 0.102. The van der Waals surface area contributed by atoms with Gasteiger partial charge in [-0.2, -0.15) is 0 Å². The van der Waals surface area contributed by atoms with Crippen LogP contribution in [-0.4, -0.2) is 35.6 Å². The molecule has 1 fully saturated rings. The van der Waals surface area contributed by atoms with Gasteiger partial charge in [0.2, 0.25) is 0 Å². The number of aromatic amines is 1. The van der Waals surface area contributed by atoms with Gasteiger partial charge >= 0.3 is 0 Å². The number of rotatable bonds is 5. The highest BCUT2D eigenvalue weighted by Crippen LogP contribution is 2.39. The maximum absolute atomic E-state index is 12.7. The van der Waals surface area contributed by atoms with Crippen molar-refractivity contribution in [3.05, 3.63) is 72.8 Å². The van der Waals surface area contributed by atoms with Crippen molar-refractivity contribution in [2.45, 2.75) is 18.8 Å². The molecular weight excluding hydrogens is 354 g/mol. The molecular formula is C20H17N7O. The predicted octanol–water partition coefficient (Wildman–Crippen LogP) is 3.18. The second-order valence-corrected chi connectivity index (χ2v) is 6.75. The van der Waals surface area contributed by atoms with Gasteiger partial charge in [0.1, 0.15) is 12.0 Å². The molecule has 0 bridgehead atoms. The number of carbonyl (C=O) groups excluding carboxylic acids is 1. The van der Waals surface area contributed by atoms with Gasteiger partial charge in [-0.3, -0.25) is 9.78 Å². The molecule has 5 rings (SSSR count). The number of imidazole rings is 1. The molecule has 1 saturated carbocycles. The molecule has 138 valence electrons. The molecule has 0 atom stereocenters. The second-order valence-electron chi connectivity index (χ2n) is 6.75. The van der Waals surface area contributed by atoms with Crippen LogP contribution in [0.4, 0.5) is 5.69 Å². The lowest BCUT2D eigenvalue weighted by Gasteiger charge is -2.08. The molecule has 3 aromatic heterocycles. The number of nitrogens with zero attached hydrogens (tertiary/aromatic N) is 5. The Morgan fingerprint density at radius 1 is 1.18 bits per heavy atom. The Morgan fingerprint density at radius 2 is 2.11 bits per heavy atom. The first-order valence-electron chi connectivity index (χ1n) is 9.04. The van der Waals surface area contributed by atoms with Crippen molar-refractivity contribution in [2.75, 3.05) is 5.32 Å². The molecule has 8 nitrogen and oxygen atoms in total. The Morgan fingerprint density at radius 3 is 2.93 bits per heavy atom. The van der Waals surface area contributed by atoms with Crippen molar-refractivity contribution in [1.29, 1.82) is 0 Å². The summed E-state index contributed by atoms with van der Waals surface area (Å²) in [5, 5.41) is 10.7. The van der Waals surface area contributed by atoms with E-state index >= 15 is 0 Å². The van der Waals surface area contributed by atoms with E-state index in [-0.39, 0.29) is 5.91 Å². The molecule has 4 aromatic rings. The van der Waals surface area contributed by atoms with Crippen molar-refractivity contribution in [3.8, 4) is 17.1 Å². The van der Waals surface area contributed by atoms with Gasteiger partial charge in [0.15, 0.2) is 5.82 Å². The summed E-state index contributed by atoms with van der Waals surface area (Å²) in [7, 11) is 0. The van der Waals surface area contributed by atoms with Crippen molar-refractivity contribution in [3.63, 3.8) is 0 Å². The first kappa shape index (κ1) is 16.4. The standard InChI is InChI=1S/C20H17N7O/c28-20(25-15-3-1-2-14(8-15)19-22-11-24-26-19)17-9-16(6-7-21-17)27-10-18(23-12-27)13-4-5-13/h1-3,6-13H,4-5H2,(H,25,28)(H,22,24,26). The zero-order chi connectivity index (χ0) is 18.9. The van der Waals surface area contributed by atoms with E-state index in [0.717, 1.165) is 16.9 Å². The SMILES string of the molecule is O=C(Nc1cccc(-c2nnc[nH]2)c1)c1cc(-n2cnc(C3CC3)c2)ccn1. The lowest BCUT2D eigenvalue weighted by atomic mass is 10.2.